The van der Waals surface area contributed by atoms with E-state index in [2.05, 4.69) is 5.32 Å². The number of carboxylic acid groups (broad SMARTS) is 1. The molecule has 0 saturated carbocycles. The lowest BCUT2D eigenvalue weighted by Gasteiger charge is -2.23. The lowest BCUT2D eigenvalue weighted by molar-refractivity contribution is -0.168. The SMILES string of the molecule is Nc1cc(-c2ccccc2F)c(COC2CCCCO2)cc1NC(=O)O. The Labute approximate surface area is 150 Å². The number of benzene rings is 2. The lowest BCUT2D eigenvalue weighted by atomic mass is 9.97. The first-order chi connectivity index (χ1) is 12.5. The molecule has 1 saturated heterocycles. The van der Waals surface area contributed by atoms with Crippen molar-refractivity contribution in [2.75, 3.05) is 17.7 Å². The second-order valence-corrected chi connectivity index (χ2v) is 6.11. The molecule has 1 heterocycles. The standard InChI is InChI=1S/C19H21FN2O4/c20-15-6-2-1-5-13(15)14-10-16(21)17(22-19(23)24)9-12(14)11-26-18-7-3-4-8-25-18/h1-2,5-6,9-10,18,22H,3-4,7-8,11,21H2,(H,23,24). The molecule has 1 aliphatic rings. The van der Waals surface area contributed by atoms with Gasteiger partial charge in [-0.2, -0.15) is 0 Å². The summed E-state index contributed by atoms with van der Waals surface area (Å²) in [4.78, 5) is 11.0. The van der Waals surface area contributed by atoms with E-state index in [1.165, 1.54) is 6.07 Å². The number of nitrogens with two attached hydrogens (primary N) is 1. The van der Waals surface area contributed by atoms with Crippen LogP contribution in [0, 0.1) is 5.82 Å². The summed E-state index contributed by atoms with van der Waals surface area (Å²) in [7, 11) is 0. The highest BCUT2D eigenvalue weighted by Gasteiger charge is 2.18. The zero-order valence-electron chi connectivity index (χ0n) is 14.2. The van der Waals surface area contributed by atoms with Crippen LogP contribution in [0.3, 0.4) is 0 Å². The Morgan fingerprint density at radius 2 is 2.12 bits per heavy atom. The van der Waals surface area contributed by atoms with Gasteiger partial charge in [0.25, 0.3) is 0 Å². The van der Waals surface area contributed by atoms with Crippen LogP contribution in [0.15, 0.2) is 36.4 Å². The van der Waals surface area contributed by atoms with Gasteiger partial charge < -0.3 is 20.3 Å². The predicted molar refractivity (Wildman–Crippen MR) is 96.3 cm³/mol. The van der Waals surface area contributed by atoms with Gasteiger partial charge in [-0.1, -0.05) is 18.2 Å². The van der Waals surface area contributed by atoms with Gasteiger partial charge in [0, 0.05) is 12.2 Å². The van der Waals surface area contributed by atoms with Crippen LogP contribution in [0.4, 0.5) is 20.6 Å². The minimum absolute atomic E-state index is 0.156. The van der Waals surface area contributed by atoms with E-state index in [1.807, 2.05) is 0 Å². The zero-order chi connectivity index (χ0) is 18.5. The van der Waals surface area contributed by atoms with Crippen LogP contribution in [0.5, 0.6) is 0 Å². The molecule has 26 heavy (non-hydrogen) atoms. The molecule has 4 N–H and O–H groups in total. The highest BCUT2D eigenvalue weighted by Crippen LogP contribution is 2.33. The lowest BCUT2D eigenvalue weighted by Crippen LogP contribution is -2.22. The molecular weight excluding hydrogens is 339 g/mol. The van der Waals surface area contributed by atoms with Gasteiger partial charge in [0.2, 0.25) is 0 Å². The van der Waals surface area contributed by atoms with Gasteiger partial charge in [0.1, 0.15) is 5.82 Å². The van der Waals surface area contributed by atoms with Gasteiger partial charge in [-0.05, 0) is 48.6 Å². The van der Waals surface area contributed by atoms with Gasteiger partial charge in [0.05, 0.1) is 18.0 Å². The average molecular weight is 360 g/mol. The van der Waals surface area contributed by atoms with Gasteiger partial charge >= 0.3 is 6.09 Å². The molecule has 2 aromatic rings. The summed E-state index contributed by atoms with van der Waals surface area (Å²) < 4.78 is 25.6. The second kappa shape index (κ2) is 8.16. The van der Waals surface area contributed by atoms with Crippen molar-refractivity contribution in [1.82, 2.24) is 0 Å². The number of nitrogen functional groups attached to an aromatic ring is 1. The summed E-state index contributed by atoms with van der Waals surface area (Å²) in [6.07, 6.45) is 1.29. The molecule has 7 heteroatoms. The first-order valence-corrected chi connectivity index (χ1v) is 8.45. The van der Waals surface area contributed by atoms with E-state index in [1.54, 1.807) is 30.3 Å². The maximum Gasteiger partial charge on any atom is 0.409 e. The normalized spacial score (nSPS) is 17.0. The van der Waals surface area contributed by atoms with Crippen LogP contribution in [-0.2, 0) is 16.1 Å². The van der Waals surface area contributed by atoms with Crippen LogP contribution < -0.4 is 11.1 Å². The number of anilines is 2. The smallest absolute Gasteiger partial charge is 0.409 e. The number of nitrogens with one attached hydrogen (secondary N) is 1. The van der Waals surface area contributed by atoms with E-state index in [0.717, 1.165) is 19.3 Å². The molecule has 138 valence electrons. The molecule has 1 amide bonds. The van der Waals surface area contributed by atoms with E-state index < -0.39 is 6.09 Å². The summed E-state index contributed by atoms with van der Waals surface area (Å²) in [5.74, 6) is -0.388. The van der Waals surface area contributed by atoms with E-state index in [9.17, 15) is 9.18 Å². The van der Waals surface area contributed by atoms with Crippen molar-refractivity contribution >= 4 is 17.5 Å². The van der Waals surface area contributed by atoms with Crippen molar-refractivity contribution in [2.45, 2.75) is 32.2 Å². The van der Waals surface area contributed by atoms with Crippen LogP contribution in [0.25, 0.3) is 11.1 Å². The van der Waals surface area contributed by atoms with E-state index in [4.69, 9.17) is 20.3 Å². The van der Waals surface area contributed by atoms with Crippen molar-refractivity contribution in [3.8, 4) is 11.1 Å². The fourth-order valence-electron chi connectivity index (χ4n) is 2.96. The van der Waals surface area contributed by atoms with E-state index in [-0.39, 0.29) is 30.1 Å². The fourth-order valence-corrected chi connectivity index (χ4v) is 2.96. The van der Waals surface area contributed by atoms with E-state index in [0.29, 0.717) is 23.3 Å². The maximum atomic E-state index is 14.3. The van der Waals surface area contributed by atoms with Crippen LogP contribution >= 0.6 is 0 Å². The van der Waals surface area contributed by atoms with Crippen LogP contribution in [-0.4, -0.2) is 24.1 Å². The number of hydrogen-bond acceptors (Lipinski definition) is 4. The molecule has 1 atom stereocenters. The van der Waals surface area contributed by atoms with Crippen molar-refractivity contribution in [3.63, 3.8) is 0 Å². The van der Waals surface area contributed by atoms with Crippen molar-refractivity contribution in [3.05, 3.63) is 47.8 Å². The Morgan fingerprint density at radius 1 is 1.31 bits per heavy atom. The third-order valence-corrected chi connectivity index (χ3v) is 4.24. The Morgan fingerprint density at radius 3 is 2.81 bits per heavy atom. The molecule has 1 aliphatic heterocycles. The molecule has 3 rings (SSSR count). The quantitative estimate of drug-likeness (QED) is 0.695. The molecular formula is C19H21FN2O4. The van der Waals surface area contributed by atoms with Crippen molar-refractivity contribution in [1.29, 1.82) is 0 Å². The first-order valence-electron chi connectivity index (χ1n) is 8.45. The molecule has 1 fully saturated rings. The molecule has 0 radical (unpaired) electrons. The number of ether oxygens (including phenoxy) is 2. The molecule has 6 nitrogen and oxygen atoms in total. The molecule has 0 bridgehead atoms. The largest absolute Gasteiger partial charge is 0.465 e. The summed E-state index contributed by atoms with van der Waals surface area (Å²) in [6, 6.07) is 9.48. The highest BCUT2D eigenvalue weighted by atomic mass is 19.1. The summed E-state index contributed by atoms with van der Waals surface area (Å²) in [5.41, 5.74) is 7.97. The number of carbonyl (C=O) groups is 1. The molecule has 0 spiro atoms. The van der Waals surface area contributed by atoms with Gasteiger partial charge in [-0.15, -0.1) is 0 Å². The fraction of sp³-hybridized carbons (Fsp3) is 0.316. The Kier molecular flexibility index (Phi) is 5.70. The van der Waals surface area contributed by atoms with Crippen LogP contribution in [0.1, 0.15) is 24.8 Å². The minimum Gasteiger partial charge on any atom is -0.465 e. The number of rotatable bonds is 5. The zero-order valence-corrected chi connectivity index (χ0v) is 14.2. The van der Waals surface area contributed by atoms with Crippen LogP contribution in [0.2, 0.25) is 0 Å². The first kappa shape index (κ1) is 18.2. The van der Waals surface area contributed by atoms with Crippen molar-refractivity contribution < 1.29 is 23.8 Å². The van der Waals surface area contributed by atoms with Gasteiger partial charge in [-0.3, -0.25) is 5.32 Å². The Balaban J connectivity index is 1.94. The molecule has 0 aliphatic carbocycles. The average Bonchev–Trinajstić information content (AvgIpc) is 2.63. The molecule has 1 unspecified atom stereocenters. The van der Waals surface area contributed by atoms with E-state index >= 15 is 0 Å². The Bertz CT molecular complexity index is 791. The molecule has 0 aromatic heterocycles. The summed E-state index contributed by atoms with van der Waals surface area (Å²) in [5, 5.41) is 11.2. The van der Waals surface area contributed by atoms with Gasteiger partial charge in [-0.25, -0.2) is 9.18 Å². The number of halogens is 1. The third-order valence-electron chi connectivity index (χ3n) is 4.24. The topological polar surface area (TPSA) is 93.8 Å². The highest BCUT2D eigenvalue weighted by molar-refractivity contribution is 5.90. The van der Waals surface area contributed by atoms with Crippen molar-refractivity contribution in [2.24, 2.45) is 0 Å². The Hall–Kier alpha value is -2.64. The second-order valence-electron chi connectivity index (χ2n) is 6.11. The predicted octanol–water partition coefficient (Wildman–Crippen LogP) is 4.21. The minimum atomic E-state index is -1.22. The number of hydrogen-bond donors (Lipinski definition) is 3. The molecule has 2 aromatic carbocycles. The maximum absolute atomic E-state index is 14.3. The summed E-state index contributed by atoms with van der Waals surface area (Å²) in [6.45, 7) is 0.807. The van der Waals surface area contributed by atoms with Gasteiger partial charge in [0.15, 0.2) is 6.29 Å². The summed E-state index contributed by atoms with van der Waals surface area (Å²) >= 11 is 0. The number of amides is 1. The monoisotopic (exact) mass is 360 g/mol. The third kappa shape index (κ3) is 4.30.